The summed E-state index contributed by atoms with van der Waals surface area (Å²) >= 11 is 1.38. The monoisotopic (exact) mass is 296 g/mol. The van der Waals surface area contributed by atoms with Gasteiger partial charge < -0.3 is 10.3 Å². The van der Waals surface area contributed by atoms with Gasteiger partial charge in [-0.3, -0.25) is 4.79 Å². The Bertz CT molecular complexity index is 904. The summed E-state index contributed by atoms with van der Waals surface area (Å²) in [6.07, 6.45) is 0. The summed E-state index contributed by atoms with van der Waals surface area (Å²) in [5.74, 6) is 0.577. The largest absolute Gasteiger partial charge is 0.378 e. The zero-order valence-electron chi connectivity index (χ0n) is 11.3. The highest BCUT2D eigenvalue weighted by atomic mass is 32.1. The first-order chi connectivity index (χ1) is 10.2. The Morgan fingerprint density at radius 2 is 2.29 bits per heavy atom. The zero-order chi connectivity index (χ0) is 14.8. The number of aromatic nitrogens is 2. The van der Waals surface area contributed by atoms with Gasteiger partial charge in [-0.25, -0.2) is 4.98 Å². The fourth-order valence-electron chi connectivity index (χ4n) is 2.07. The Labute approximate surface area is 124 Å². The lowest BCUT2D eigenvalue weighted by atomic mass is 10.1. The third kappa shape index (κ3) is 2.64. The molecule has 0 unspecified atom stereocenters. The van der Waals surface area contributed by atoms with Gasteiger partial charge in [-0.15, -0.1) is 11.3 Å². The molecule has 6 heteroatoms. The second kappa shape index (κ2) is 5.38. The number of thiophene rings is 1. The predicted molar refractivity (Wildman–Crippen MR) is 83.5 cm³/mol. The summed E-state index contributed by atoms with van der Waals surface area (Å²) in [4.78, 5) is 19.1. The van der Waals surface area contributed by atoms with Crippen molar-refractivity contribution in [1.29, 1.82) is 5.26 Å². The van der Waals surface area contributed by atoms with E-state index in [-0.39, 0.29) is 5.56 Å². The van der Waals surface area contributed by atoms with E-state index in [1.807, 2.05) is 24.4 Å². The van der Waals surface area contributed by atoms with Crippen molar-refractivity contribution in [2.45, 2.75) is 13.5 Å². The van der Waals surface area contributed by atoms with Crippen LogP contribution < -0.4 is 10.9 Å². The molecule has 0 fully saturated rings. The van der Waals surface area contributed by atoms with Crippen LogP contribution in [0.4, 0.5) is 5.69 Å². The Hall–Kier alpha value is -2.65. The summed E-state index contributed by atoms with van der Waals surface area (Å²) in [5, 5.41) is 14.0. The molecule has 2 heterocycles. The van der Waals surface area contributed by atoms with Crippen LogP contribution in [0.15, 0.2) is 34.4 Å². The molecule has 104 valence electrons. The van der Waals surface area contributed by atoms with E-state index in [0.717, 1.165) is 11.3 Å². The van der Waals surface area contributed by atoms with Gasteiger partial charge in [0.05, 0.1) is 23.7 Å². The minimum absolute atomic E-state index is 0.116. The average molecular weight is 296 g/mol. The molecule has 0 radical (unpaired) electrons. The topological polar surface area (TPSA) is 81.6 Å². The SMILES string of the molecule is Cc1ccc(C#N)cc1NCc1nc2ccsc2c(=O)[nH]1. The number of fused-ring (bicyclic) bond motifs is 1. The highest BCUT2D eigenvalue weighted by Crippen LogP contribution is 2.18. The molecule has 0 aliphatic rings. The lowest BCUT2D eigenvalue weighted by Crippen LogP contribution is -2.13. The lowest BCUT2D eigenvalue weighted by Gasteiger charge is -2.09. The van der Waals surface area contributed by atoms with Crippen molar-refractivity contribution in [3.05, 3.63) is 57.0 Å². The maximum absolute atomic E-state index is 11.9. The molecular weight excluding hydrogens is 284 g/mol. The predicted octanol–water partition coefficient (Wildman–Crippen LogP) is 2.78. The van der Waals surface area contributed by atoms with E-state index >= 15 is 0 Å². The van der Waals surface area contributed by atoms with Crippen LogP contribution in [-0.2, 0) is 6.54 Å². The van der Waals surface area contributed by atoms with E-state index in [2.05, 4.69) is 21.4 Å². The first-order valence-electron chi connectivity index (χ1n) is 6.38. The molecule has 0 saturated heterocycles. The molecule has 5 nitrogen and oxygen atoms in total. The third-order valence-electron chi connectivity index (χ3n) is 3.18. The Morgan fingerprint density at radius 1 is 1.43 bits per heavy atom. The summed E-state index contributed by atoms with van der Waals surface area (Å²) in [6, 6.07) is 9.40. The number of anilines is 1. The van der Waals surface area contributed by atoms with Crippen LogP contribution in [-0.4, -0.2) is 9.97 Å². The minimum atomic E-state index is -0.116. The van der Waals surface area contributed by atoms with E-state index in [1.165, 1.54) is 11.3 Å². The van der Waals surface area contributed by atoms with Gasteiger partial charge in [-0.2, -0.15) is 5.26 Å². The molecule has 2 aromatic heterocycles. The van der Waals surface area contributed by atoms with Crippen molar-refractivity contribution in [1.82, 2.24) is 9.97 Å². The molecule has 0 aliphatic carbocycles. The fourth-order valence-corrected chi connectivity index (χ4v) is 2.79. The molecule has 0 saturated carbocycles. The molecule has 0 amide bonds. The molecular formula is C15H12N4OS. The number of nitriles is 1. The molecule has 3 aromatic rings. The lowest BCUT2D eigenvalue weighted by molar-refractivity contribution is 0.954. The van der Waals surface area contributed by atoms with E-state index < -0.39 is 0 Å². The first-order valence-corrected chi connectivity index (χ1v) is 7.26. The Balaban J connectivity index is 1.86. The number of aryl methyl sites for hydroxylation is 1. The second-order valence-electron chi connectivity index (χ2n) is 4.64. The maximum Gasteiger partial charge on any atom is 0.268 e. The molecule has 2 N–H and O–H groups in total. The van der Waals surface area contributed by atoms with Crippen LogP contribution in [0.3, 0.4) is 0 Å². The van der Waals surface area contributed by atoms with E-state index in [4.69, 9.17) is 5.26 Å². The number of benzene rings is 1. The molecule has 0 aliphatic heterocycles. The van der Waals surface area contributed by atoms with Crippen molar-refractivity contribution in [2.24, 2.45) is 0 Å². The van der Waals surface area contributed by atoms with E-state index in [1.54, 1.807) is 12.1 Å². The third-order valence-corrected chi connectivity index (χ3v) is 4.08. The molecule has 0 atom stereocenters. The smallest absolute Gasteiger partial charge is 0.268 e. The van der Waals surface area contributed by atoms with Gasteiger partial charge >= 0.3 is 0 Å². The highest BCUT2D eigenvalue weighted by Gasteiger charge is 2.06. The molecule has 21 heavy (non-hydrogen) atoms. The van der Waals surface area contributed by atoms with Gasteiger partial charge in [0.2, 0.25) is 0 Å². The fraction of sp³-hybridized carbons (Fsp3) is 0.133. The molecule has 1 aromatic carbocycles. The normalized spacial score (nSPS) is 10.5. The average Bonchev–Trinajstić information content (AvgIpc) is 2.95. The number of hydrogen-bond donors (Lipinski definition) is 2. The molecule has 0 bridgehead atoms. The number of nitrogens with one attached hydrogen (secondary N) is 2. The Kier molecular flexibility index (Phi) is 3.42. The van der Waals surface area contributed by atoms with Gasteiger partial charge in [0.25, 0.3) is 5.56 Å². The van der Waals surface area contributed by atoms with Crippen molar-refractivity contribution in [3.8, 4) is 6.07 Å². The first kappa shape index (κ1) is 13.3. The number of hydrogen-bond acceptors (Lipinski definition) is 5. The standard InChI is InChI=1S/C15H12N4OS/c1-9-2-3-10(7-16)6-12(9)17-8-13-18-11-4-5-21-14(11)15(20)19-13/h2-6,17H,8H2,1H3,(H,18,19,20). The number of aromatic amines is 1. The summed E-state index contributed by atoms with van der Waals surface area (Å²) in [7, 11) is 0. The van der Waals surface area contributed by atoms with Gasteiger partial charge in [0, 0.05) is 5.69 Å². The summed E-state index contributed by atoms with van der Waals surface area (Å²) in [6.45, 7) is 2.36. The van der Waals surface area contributed by atoms with Crippen molar-refractivity contribution >= 4 is 27.2 Å². The van der Waals surface area contributed by atoms with Crippen molar-refractivity contribution in [2.75, 3.05) is 5.32 Å². The van der Waals surface area contributed by atoms with Crippen LogP contribution in [0, 0.1) is 18.3 Å². The van der Waals surface area contributed by atoms with Gasteiger partial charge in [-0.1, -0.05) is 6.07 Å². The van der Waals surface area contributed by atoms with E-state index in [0.29, 0.717) is 28.1 Å². The molecule has 0 spiro atoms. The quantitative estimate of drug-likeness (QED) is 0.778. The highest BCUT2D eigenvalue weighted by molar-refractivity contribution is 7.17. The summed E-state index contributed by atoms with van der Waals surface area (Å²) < 4.78 is 0.640. The van der Waals surface area contributed by atoms with Crippen LogP contribution in [0.25, 0.3) is 10.2 Å². The van der Waals surface area contributed by atoms with Crippen LogP contribution in [0.5, 0.6) is 0 Å². The minimum Gasteiger partial charge on any atom is -0.378 e. The Morgan fingerprint density at radius 3 is 3.10 bits per heavy atom. The number of H-pyrrole nitrogens is 1. The van der Waals surface area contributed by atoms with Gasteiger partial charge in [-0.05, 0) is 36.1 Å². The molecule has 3 rings (SSSR count). The van der Waals surface area contributed by atoms with E-state index in [9.17, 15) is 4.79 Å². The van der Waals surface area contributed by atoms with Crippen LogP contribution in [0.1, 0.15) is 17.0 Å². The zero-order valence-corrected chi connectivity index (χ0v) is 12.1. The van der Waals surface area contributed by atoms with Crippen LogP contribution >= 0.6 is 11.3 Å². The number of rotatable bonds is 3. The van der Waals surface area contributed by atoms with Gasteiger partial charge in [0.1, 0.15) is 10.5 Å². The van der Waals surface area contributed by atoms with Crippen molar-refractivity contribution in [3.63, 3.8) is 0 Å². The second-order valence-corrected chi connectivity index (χ2v) is 5.56. The van der Waals surface area contributed by atoms with Crippen molar-refractivity contribution < 1.29 is 0 Å². The maximum atomic E-state index is 11.9. The van der Waals surface area contributed by atoms with Gasteiger partial charge in [0.15, 0.2) is 0 Å². The number of nitrogens with zero attached hydrogens (tertiary/aromatic N) is 2. The summed E-state index contributed by atoms with van der Waals surface area (Å²) in [5.41, 5.74) is 3.09. The van der Waals surface area contributed by atoms with Crippen LogP contribution in [0.2, 0.25) is 0 Å².